The molecule has 0 saturated heterocycles. The van der Waals surface area contributed by atoms with Gasteiger partial charge in [0.2, 0.25) is 5.95 Å². The number of halogens is 3. The zero-order valence-corrected chi connectivity index (χ0v) is 17.9. The number of anilines is 1. The van der Waals surface area contributed by atoms with Crippen molar-refractivity contribution in [3.8, 4) is 11.5 Å². The van der Waals surface area contributed by atoms with Crippen molar-refractivity contribution in [1.29, 1.82) is 0 Å². The van der Waals surface area contributed by atoms with Crippen LogP contribution in [0.3, 0.4) is 0 Å². The van der Waals surface area contributed by atoms with Crippen LogP contribution in [0, 0.1) is 0 Å². The summed E-state index contributed by atoms with van der Waals surface area (Å²) in [6.07, 6.45) is -3.45. The van der Waals surface area contributed by atoms with Crippen LogP contribution < -0.4 is 25.4 Å². The first kappa shape index (κ1) is 24.0. The van der Waals surface area contributed by atoms with Gasteiger partial charge in [0.05, 0.1) is 26.8 Å². The lowest BCUT2D eigenvalue weighted by Gasteiger charge is -2.21. The van der Waals surface area contributed by atoms with E-state index in [1.165, 1.54) is 0 Å². The summed E-state index contributed by atoms with van der Waals surface area (Å²) in [5, 5.41) is 9.17. The largest absolute Gasteiger partial charge is 0.497 e. The summed E-state index contributed by atoms with van der Waals surface area (Å²) in [4.78, 5) is 11.7. The summed E-state index contributed by atoms with van der Waals surface area (Å²) in [5.41, 5.74) is -0.104. The Balaban J connectivity index is 2.01. The van der Waals surface area contributed by atoms with Gasteiger partial charge in [-0.05, 0) is 38.1 Å². The van der Waals surface area contributed by atoms with Gasteiger partial charge in [-0.3, -0.25) is 4.99 Å². The van der Waals surface area contributed by atoms with Gasteiger partial charge in [0.25, 0.3) is 0 Å². The zero-order valence-electron chi connectivity index (χ0n) is 17.9. The van der Waals surface area contributed by atoms with Gasteiger partial charge in [0.1, 0.15) is 17.2 Å². The molecular formula is C20H27F3N6O2. The summed E-state index contributed by atoms with van der Waals surface area (Å²) in [5.74, 6) is 1.86. The first-order chi connectivity index (χ1) is 14.8. The topological polar surface area (TPSA) is 92.7 Å². The molecule has 8 nitrogen and oxygen atoms in total. The third-order valence-corrected chi connectivity index (χ3v) is 4.21. The van der Waals surface area contributed by atoms with Gasteiger partial charge in [-0.25, -0.2) is 9.97 Å². The standard InChI is InChI=1S/C20H27F3N6O2/c1-5-24-18(28-13(2)15-12-14(30-3)6-7-16(15)31-4)26-10-11-27-19-25-9-8-17(29-19)20(21,22)23/h6-9,12-13H,5,10-11H2,1-4H3,(H2,24,26,28)(H,25,27,29). The van der Waals surface area contributed by atoms with Gasteiger partial charge >= 0.3 is 6.18 Å². The highest BCUT2D eigenvalue weighted by Crippen LogP contribution is 2.29. The van der Waals surface area contributed by atoms with Gasteiger partial charge in [0, 0.05) is 24.8 Å². The Kier molecular flexibility index (Phi) is 8.71. The number of hydrogen-bond acceptors (Lipinski definition) is 6. The number of ether oxygens (including phenoxy) is 2. The molecule has 0 fully saturated rings. The summed E-state index contributed by atoms with van der Waals surface area (Å²) in [6.45, 7) is 5.07. The van der Waals surface area contributed by atoms with Gasteiger partial charge < -0.3 is 25.4 Å². The van der Waals surface area contributed by atoms with Gasteiger partial charge in [0.15, 0.2) is 5.96 Å². The van der Waals surface area contributed by atoms with Crippen LogP contribution in [-0.4, -0.2) is 49.8 Å². The molecule has 0 radical (unpaired) electrons. The van der Waals surface area contributed by atoms with E-state index in [0.29, 0.717) is 24.0 Å². The van der Waals surface area contributed by atoms with Crippen LogP contribution in [0.25, 0.3) is 0 Å². The van der Waals surface area contributed by atoms with Crippen molar-refractivity contribution in [2.24, 2.45) is 4.99 Å². The fourth-order valence-corrected chi connectivity index (χ4v) is 2.72. The number of guanidine groups is 1. The molecule has 11 heteroatoms. The maximum atomic E-state index is 12.7. The number of rotatable bonds is 9. The lowest BCUT2D eigenvalue weighted by molar-refractivity contribution is -0.141. The molecule has 0 aliphatic carbocycles. The molecule has 3 N–H and O–H groups in total. The van der Waals surface area contributed by atoms with Crippen molar-refractivity contribution < 1.29 is 22.6 Å². The number of aliphatic imine (C=N–C) groups is 1. The quantitative estimate of drug-likeness (QED) is 0.313. The maximum Gasteiger partial charge on any atom is 0.433 e. The molecule has 0 saturated carbocycles. The average molecular weight is 440 g/mol. The van der Waals surface area contributed by atoms with Crippen molar-refractivity contribution in [2.75, 3.05) is 39.2 Å². The van der Waals surface area contributed by atoms with Crippen LogP contribution in [0.1, 0.15) is 31.1 Å². The second kappa shape index (κ2) is 11.2. The number of benzene rings is 1. The van der Waals surface area contributed by atoms with E-state index in [4.69, 9.17) is 9.47 Å². The molecule has 0 bridgehead atoms. The Hall–Kier alpha value is -3.24. The zero-order chi connectivity index (χ0) is 22.9. The van der Waals surface area contributed by atoms with Crippen molar-refractivity contribution in [3.63, 3.8) is 0 Å². The summed E-state index contributed by atoms with van der Waals surface area (Å²) in [7, 11) is 3.19. The number of aromatic nitrogens is 2. The second-order valence-electron chi connectivity index (χ2n) is 6.42. The molecule has 1 aromatic carbocycles. The predicted molar refractivity (Wildman–Crippen MR) is 113 cm³/mol. The third kappa shape index (κ3) is 7.19. The molecule has 0 spiro atoms. The molecule has 170 valence electrons. The van der Waals surface area contributed by atoms with Crippen LogP contribution in [0.15, 0.2) is 35.5 Å². The minimum absolute atomic E-state index is 0.0996. The smallest absolute Gasteiger partial charge is 0.433 e. The summed E-state index contributed by atoms with van der Waals surface area (Å²) >= 11 is 0. The SMILES string of the molecule is CCNC(=NCCNc1nccc(C(F)(F)F)n1)NC(C)c1cc(OC)ccc1OC. The van der Waals surface area contributed by atoms with E-state index in [1.54, 1.807) is 14.2 Å². The van der Waals surface area contributed by atoms with E-state index in [0.717, 1.165) is 17.8 Å². The first-order valence-electron chi connectivity index (χ1n) is 9.69. The highest BCUT2D eigenvalue weighted by Gasteiger charge is 2.32. The highest BCUT2D eigenvalue weighted by atomic mass is 19.4. The van der Waals surface area contributed by atoms with Gasteiger partial charge in [-0.15, -0.1) is 0 Å². The monoisotopic (exact) mass is 440 g/mol. The molecule has 31 heavy (non-hydrogen) atoms. The van der Waals surface area contributed by atoms with Crippen molar-refractivity contribution in [3.05, 3.63) is 41.7 Å². The fourth-order valence-electron chi connectivity index (χ4n) is 2.72. The molecule has 1 aromatic heterocycles. The summed E-state index contributed by atoms with van der Waals surface area (Å²) < 4.78 is 48.9. The van der Waals surface area contributed by atoms with Crippen molar-refractivity contribution >= 4 is 11.9 Å². The molecule has 1 heterocycles. The predicted octanol–water partition coefficient (Wildman–Crippen LogP) is 3.24. The van der Waals surface area contributed by atoms with Crippen LogP contribution in [0.5, 0.6) is 11.5 Å². The maximum absolute atomic E-state index is 12.7. The average Bonchev–Trinajstić information content (AvgIpc) is 2.75. The van der Waals surface area contributed by atoms with Crippen LogP contribution >= 0.6 is 0 Å². The molecule has 1 unspecified atom stereocenters. The lowest BCUT2D eigenvalue weighted by Crippen LogP contribution is -2.39. The lowest BCUT2D eigenvalue weighted by atomic mass is 10.1. The third-order valence-electron chi connectivity index (χ3n) is 4.21. The molecule has 2 aromatic rings. The molecule has 0 aliphatic heterocycles. The minimum Gasteiger partial charge on any atom is -0.497 e. The van der Waals surface area contributed by atoms with E-state index in [2.05, 4.69) is 30.9 Å². The van der Waals surface area contributed by atoms with E-state index in [-0.39, 0.29) is 25.1 Å². The second-order valence-corrected chi connectivity index (χ2v) is 6.42. The molecule has 0 aliphatic rings. The normalized spacial score (nSPS) is 12.8. The van der Waals surface area contributed by atoms with Crippen LogP contribution in [-0.2, 0) is 6.18 Å². The number of nitrogens with one attached hydrogen (secondary N) is 3. The van der Waals surface area contributed by atoms with E-state index in [9.17, 15) is 13.2 Å². The minimum atomic E-state index is -4.52. The number of alkyl halides is 3. The Bertz CT molecular complexity index is 876. The molecule has 0 amide bonds. The fraction of sp³-hybridized carbons (Fsp3) is 0.450. The number of nitrogens with zero attached hydrogens (tertiary/aromatic N) is 3. The van der Waals surface area contributed by atoms with Gasteiger partial charge in [-0.2, -0.15) is 13.2 Å². The summed E-state index contributed by atoms with van der Waals surface area (Å²) in [6, 6.07) is 6.20. The van der Waals surface area contributed by atoms with Crippen LogP contribution in [0.2, 0.25) is 0 Å². The van der Waals surface area contributed by atoms with Gasteiger partial charge in [-0.1, -0.05) is 0 Å². The Morgan fingerprint density at radius 2 is 1.97 bits per heavy atom. The molecular weight excluding hydrogens is 413 g/mol. The molecule has 1 atom stereocenters. The van der Waals surface area contributed by atoms with E-state index in [1.807, 2.05) is 32.0 Å². The Labute approximate surface area is 179 Å². The van der Waals surface area contributed by atoms with Crippen molar-refractivity contribution in [1.82, 2.24) is 20.6 Å². The van der Waals surface area contributed by atoms with E-state index >= 15 is 0 Å². The number of hydrogen-bond donors (Lipinski definition) is 3. The van der Waals surface area contributed by atoms with Crippen molar-refractivity contribution in [2.45, 2.75) is 26.1 Å². The Morgan fingerprint density at radius 1 is 1.19 bits per heavy atom. The Morgan fingerprint density at radius 3 is 2.61 bits per heavy atom. The number of methoxy groups -OCH3 is 2. The first-order valence-corrected chi connectivity index (χ1v) is 9.69. The molecule has 2 rings (SSSR count). The van der Waals surface area contributed by atoms with E-state index < -0.39 is 11.9 Å². The van der Waals surface area contributed by atoms with Crippen LogP contribution in [0.4, 0.5) is 19.1 Å². The highest BCUT2D eigenvalue weighted by molar-refractivity contribution is 5.80.